The van der Waals surface area contributed by atoms with E-state index >= 15 is 0 Å². The van der Waals surface area contributed by atoms with Crippen LogP contribution in [0.25, 0.3) is 5.65 Å². The van der Waals surface area contributed by atoms with Crippen molar-refractivity contribution in [3.63, 3.8) is 0 Å². The van der Waals surface area contributed by atoms with Gasteiger partial charge < -0.3 is 9.47 Å². The Morgan fingerprint density at radius 3 is 2.65 bits per heavy atom. The Bertz CT molecular complexity index is 714. The van der Waals surface area contributed by atoms with Crippen LogP contribution in [-0.4, -0.2) is 27.8 Å². The van der Waals surface area contributed by atoms with Gasteiger partial charge in [-0.2, -0.15) is 0 Å². The van der Waals surface area contributed by atoms with E-state index in [0.29, 0.717) is 11.7 Å². The lowest BCUT2D eigenvalue weighted by molar-refractivity contribution is 0.200. The first-order chi connectivity index (χ1) is 9.84. The van der Waals surface area contributed by atoms with Crippen molar-refractivity contribution in [2.75, 3.05) is 13.2 Å². The van der Waals surface area contributed by atoms with Crippen LogP contribution in [0.3, 0.4) is 0 Å². The van der Waals surface area contributed by atoms with Crippen LogP contribution in [0.5, 0.6) is 11.8 Å². The van der Waals surface area contributed by atoms with Crippen molar-refractivity contribution in [1.82, 2.24) is 14.6 Å². The summed E-state index contributed by atoms with van der Waals surface area (Å²) in [4.78, 5) is 0. The largest absolute Gasteiger partial charge is 0.487 e. The minimum absolute atomic E-state index is 0.210. The molecule has 0 fully saturated rings. The summed E-state index contributed by atoms with van der Waals surface area (Å²) in [6.07, 6.45) is 1.81. The Balaban J connectivity index is 1.57. The van der Waals surface area contributed by atoms with Gasteiger partial charge in [0.25, 0.3) is 0 Å². The lowest BCUT2D eigenvalue weighted by Crippen LogP contribution is -2.11. The van der Waals surface area contributed by atoms with Gasteiger partial charge >= 0.3 is 6.01 Å². The highest BCUT2D eigenvalue weighted by Gasteiger charge is 2.06. The monoisotopic (exact) mass is 273 g/mol. The average molecular weight is 273 g/mol. The van der Waals surface area contributed by atoms with Gasteiger partial charge in [0, 0.05) is 6.20 Å². The van der Waals surface area contributed by atoms with Crippen molar-refractivity contribution in [1.29, 1.82) is 0 Å². The quantitative estimate of drug-likeness (QED) is 0.669. The number of para-hydroxylation sites is 1. The van der Waals surface area contributed by atoms with E-state index in [1.165, 1.54) is 6.07 Å². The van der Waals surface area contributed by atoms with Crippen molar-refractivity contribution in [3.05, 3.63) is 54.5 Å². The molecule has 2 aromatic heterocycles. The molecule has 0 spiro atoms. The van der Waals surface area contributed by atoms with Crippen molar-refractivity contribution in [2.24, 2.45) is 0 Å². The number of hydrogen-bond donors (Lipinski definition) is 0. The second-order valence-electron chi connectivity index (χ2n) is 4.04. The zero-order valence-electron chi connectivity index (χ0n) is 10.6. The van der Waals surface area contributed by atoms with Crippen LogP contribution in [-0.2, 0) is 0 Å². The maximum atomic E-state index is 13.3. The van der Waals surface area contributed by atoms with Crippen LogP contribution in [0, 0.1) is 5.82 Å². The fourth-order valence-corrected chi connectivity index (χ4v) is 1.76. The molecule has 1 aromatic carbocycles. The second kappa shape index (κ2) is 5.56. The number of fused-ring (bicyclic) bond motifs is 1. The van der Waals surface area contributed by atoms with E-state index < -0.39 is 0 Å². The molecule has 20 heavy (non-hydrogen) atoms. The molecule has 102 valence electrons. The van der Waals surface area contributed by atoms with E-state index in [9.17, 15) is 4.39 Å². The van der Waals surface area contributed by atoms with Gasteiger partial charge in [-0.25, -0.2) is 4.39 Å². The number of ether oxygens (including phenoxy) is 2. The van der Waals surface area contributed by atoms with Crippen molar-refractivity contribution < 1.29 is 13.9 Å². The fraction of sp³-hybridized carbons (Fsp3) is 0.143. The van der Waals surface area contributed by atoms with E-state index in [1.807, 2.05) is 24.4 Å². The molecule has 3 aromatic rings. The van der Waals surface area contributed by atoms with Crippen LogP contribution >= 0.6 is 0 Å². The van der Waals surface area contributed by atoms with Gasteiger partial charge in [-0.3, -0.25) is 4.40 Å². The van der Waals surface area contributed by atoms with Crippen LogP contribution in [0.4, 0.5) is 4.39 Å². The smallest absolute Gasteiger partial charge is 0.321 e. The van der Waals surface area contributed by atoms with Gasteiger partial charge in [-0.15, -0.1) is 5.10 Å². The summed E-state index contributed by atoms with van der Waals surface area (Å²) in [5, 5.41) is 7.88. The summed E-state index contributed by atoms with van der Waals surface area (Å²) in [5.41, 5.74) is 0.706. The highest BCUT2D eigenvalue weighted by molar-refractivity contribution is 5.38. The average Bonchev–Trinajstić information content (AvgIpc) is 2.89. The van der Waals surface area contributed by atoms with Crippen LogP contribution in [0.1, 0.15) is 0 Å². The second-order valence-corrected chi connectivity index (χ2v) is 4.04. The van der Waals surface area contributed by atoms with Crippen LogP contribution in [0.15, 0.2) is 48.7 Å². The fourth-order valence-electron chi connectivity index (χ4n) is 1.76. The number of pyridine rings is 1. The molecule has 3 rings (SSSR count). The normalized spacial score (nSPS) is 10.7. The van der Waals surface area contributed by atoms with Gasteiger partial charge in [0.05, 0.1) is 0 Å². The molecule has 0 unspecified atom stereocenters. The Hall–Kier alpha value is -2.63. The Morgan fingerprint density at radius 2 is 1.75 bits per heavy atom. The van der Waals surface area contributed by atoms with Crippen LogP contribution in [0.2, 0.25) is 0 Å². The van der Waals surface area contributed by atoms with Gasteiger partial charge in [0.2, 0.25) is 0 Å². The van der Waals surface area contributed by atoms with Crippen molar-refractivity contribution in [3.8, 4) is 11.8 Å². The maximum absolute atomic E-state index is 13.3. The van der Waals surface area contributed by atoms with Crippen molar-refractivity contribution >= 4 is 5.65 Å². The van der Waals surface area contributed by atoms with Gasteiger partial charge in [0.15, 0.2) is 17.2 Å². The van der Waals surface area contributed by atoms with E-state index in [-0.39, 0.29) is 24.8 Å². The van der Waals surface area contributed by atoms with E-state index in [0.717, 1.165) is 0 Å². The molecule has 0 amide bonds. The standard InChI is InChI=1S/C14H12FN3O2/c15-11-5-1-2-6-12(11)19-9-10-20-14-17-16-13-7-3-4-8-18(13)14/h1-8H,9-10H2. The number of rotatable bonds is 5. The number of nitrogens with zero attached hydrogens (tertiary/aromatic N) is 3. The SMILES string of the molecule is Fc1ccccc1OCCOc1nnc2ccccn12. The zero-order valence-corrected chi connectivity index (χ0v) is 10.6. The van der Waals surface area contributed by atoms with E-state index in [1.54, 1.807) is 22.6 Å². The number of hydrogen-bond acceptors (Lipinski definition) is 4. The summed E-state index contributed by atoms with van der Waals surface area (Å²) < 4.78 is 25.8. The highest BCUT2D eigenvalue weighted by atomic mass is 19.1. The summed E-state index contributed by atoms with van der Waals surface area (Å²) in [7, 11) is 0. The molecule has 0 aliphatic carbocycles. The lowest BCUT2D eigenvalue weighted by atomic mass is 10.3. The van der Waals surface area contributed by atoms with Gasteiger partial charge in [-0.05, 0) is 24.3 Å². The molecular weight excluding hydrogens is 261 g/mol. The molecule has 2 heterocycles. The summed E-state index contributed by atoms with van der Waals surface area (Å²) in [6, 6.07) is 12.2. The zero-order chi connectivity index (χ0) is 13.8. The Labute approximate surface area is 114 Å². The van der Waals surface area contributed by atoms with Crippen LogP contribution < -0.4 is 9.47 Å². The van der Waals surface area contributed by atoms with E-state index in [4.69, 9.17) is 9.47 Å². The molecule has 0 saturated carbocycles. The molecule has 0 saturated heterocycles. The summed E-state index contributed by atoms with van der Waals surface area (Å²) in [5.74, 6) is -0.178. The number of aromatic nitrogens is 3. The Morgan fingerprint density at radius 1 is 0.950 bits per heavy atom. The minimum atomic E-state index is -0.388. The maximum Gasteiger partial charge on any atom is 0.321 e. The lowest BCUT2D eigenvalue weighted by Gasteiger charge is -2.07. The third-order valence-electron chi connectivity index (χ3n) is 2.69. The molecule has 0 bridgehead atoms. The number of halogens is 1. The van der Waals surface area contributed by atoms with Gasteiger partial charge in [0.1, 0.15) is 13.2 Å². The molecule has 0 radical (unpaired) electrons. The Kier molecular flexibility index (Phi) is 3.45. The van der Waals surface area contributed by atoms with Gasteiger partial charge in [-0.1, -0.05) is 23.3 Å². The third kappa shape index (κ3) is 2.54. The predicted octanol–water partition coefficient (Wildman–Crippen LogP) is 2.33. The number of benzene rings is 1. The molecule has 5 nitrogen and oxygen atoms in total. The highest BCUT2D eigenvalue weighted by Crippen LogP contribution is 2.15. The van der Waals surface area contributed by atoms with E-state index in [2.05, 4.69) is 10.2 Å². The first kappa shape index (κ1) is 12.4. The summed E-state index contributed by atoms with van der Waals surface area (Å²) in [6.45, 7) is 0.479. The predicted molar refractivity (Wildman–Crippen MR) is 70.4 cm³/mol. The van der Waals surface area contributed by atoms with Crippen molar-refractivity contribution in [2.45, 2.75) is 0 Å². The first-order valence-corrected chi connectivity index (χ1v) is 6.14. The third-order valence-corrected chi connectivity index (χ3v) is 2.69. The topological polar surface area (TPSA) is 48.7 Å². The molecule has 0 aliphatic rings. The summed E-state index contributed by atoms with van der Waals surface area (Å²) >= 11 is 0. The molecule has 0 N–H and O–H groups in total. The molecule has 0 atom stereocenters. The molecule has 0 aliphatic heterocycles. The molecular formula is C14H12FN3O2. The molecule has 6 heteroatoms. The minimum Gasteiger partial charge on any atom is -0.487 e. The first-order valence-electron chi connectivity index (χ1n) is 6.14.